The van der Waals surface area contributed by atoms with E-state index in [-0.39, 0.29) is 17.9 Å². The van der Waals surface area contributed by atoms with Gasteiger partial charge in [-0.05, 0) is 24.3 Å². The second kappa shape index (κ2) is 8.68. The Morgan fingerprint density at radius 2 is 1.76 bits per heavy atom. The lowest BCUT2D eigenvalue weighted by atomic mass is 10.2. The highest BCUT2D eigenvalue weighted by Crippen LogP contribution is 2.18. The van der Waals surface area contributed by atoms with Crippen LogP contribution in [0.3, 0.4) is 0 Å². The van der Waals surface area contributed by atoms with Gasteiger partial charge in [-0.3, -0.25) is 4.79 Å². The summed E-state index contributed by atoms with van der Waals surface area (Å²) in [7, 11) is 2.86. The third kappa shape index (κ3) is 4.94. The van der Waals surface area contributed by atoms with Crippen LogP contribution in [0.1, 0.15) is 15.9 Å². The van der Waals surface area contributed by atoms with Gasteiger partial charge in [-0.1, -0.05) is 18.2 Å². The van der Waals surface area contributed by atoms with Gasteiger partial charge in [-0.15, -0.1) is 0 Å². The first-order valence-electron chi connectivity index (χ1n) is 7.44. The molecule has 2 aromatic rings. The number of benzene rings is 2. The van der Waals surface area contributed by atoms with E-state index in [1.54, 1.807) is 6.07 Å². The van der Waals surface area contributed by atoms with Crippen LogP contribution < -0.4 is 14.8 Å². The summed E-state index contributed by atoms with van der Waals surface area (Å²) >= 11 is 0. The number of para-hydroxylation sites is 1. The molecule has 132 valence electrons. The van der Waals surface area contributed by atoms with Crippen molar-refractivity contribution >= 4 is 11.9 Å². The zero-order valence-electron chi connectivity index (χ0n) is 13.9. The molecule has 0 atom stereocenters. The first-order chi connectivity index (χ1) is 12.0. The molecular formula is C18H18FNO5. The van der Waals surface area contributed by atoms with Gasteiger partial charge < -0.3 is 19.5 Å². The minimum Gasteiger partial charge on any atom is -0.496 e. The van der Waals surface area contributed by atoms with Gasteiger partial charge >= 0.3 is 5.97 Å². The van der Waals surface area contributed by atoms with Crippen molar-refractivity contribution in [3.8, 4) is 11.5 Å². The molecule has 0 heterocycles. The second-order valence-electron chi connectivity index (χ2n) is 5.01. The molecule has 0 unspecified atom stereocenters. The molecule has 0 aliphatic rings. The van der Waals surface area contributed by atoms with Gasteiger partial charge in [-0.2, -0.15) is 0 Å². The molecule has 0 spiro atoms. The molecule has 0 aliphatic heterocycles. The number of halogens is 1. The zero-order valence-corrected chi connectivity index (χ0v) is 13.9. The summed E-state index contributed by atoms with van der Waals surface area (Å²) in [5.41, 5.74) is 0.790. The molecule has 0 aliphatic carbocycles. The van der Waals surface area contributed by atoms with Crippen molar-refractivity contribution in [3.63, 3.8) is 0 Å². The number of rotatable bonds is 7. The molecular weight excluding hydrogens is 329 g/mol. The second-order valence-corrected chi connectivity index (χ2v) is 5.01. The number of hydrogen-bond donors (Lipinski definition) is 1. The van der Waals surface area contributed by atoms with Crippen LogP contribution in [-0.2, 0) is 16.1 Å². The van der Waals surface area contributed by atoms with E-state index in [0.717, 1.165) is 11.6 Å². The lowest BCUT2D eigenvalue weighted by Crippen LogP contribution is -2.28. The summed E-state index contributed by atoms with van der Waals surface area (Å²) in [4.78, 5) is 23.6. The van der Waals surface area contributed by atoms with Crippen LogP contribution in [0.4, 0.5) is 4.39 Å². The lowest BCUT2D eigenvalue weighted by molar-refractivity contribution is -0.124. The third-order valence-corrected chi connectivity index (χ3v) is 3.39. The van der Waals surface area contributed by atoms with Crippen LogP contribution in [-0.4, -0.2) is 32.7 Å². The van der Waals surface area contributed by atoms with Crippen LogP contribution in [0.2, 0.25) is 0 Å². The SMILES string of the molecule is COc1ccc(C(=O)OCC(=O)NCc2ccccc2OC)cc1F. The van der Waals surface area contributed by atoms with Crippen molar-refractivity contribution in [2.24, 2.45) is 0 Å². The van der Waals surface area contributed by atoms with Crippen LogP contribution in [0.15, 0.2) is 42.5 Å². The van der Waals surface area contributed by atoms with Gasteiger partial charge in [-0.25, -0.2) is 9.18 Å². The fourth-order valence-electron chi connectivity index (χ4n) is 2.10. The van der Waals surface area contributed by atoms with Crippen LogP contribution in [0.5, 0.6) is 11.5 Å². The quantitative estimate of drug-likeness (QED) is 0.778. The topological polar surface area (TPSA) is 73.9 Å². The average Bonchev–Trinajstić information content (AvgIpc) is 2.64. The molecule has 7 heteroatoms. The van der Waals surface area contributed by atoms with Crippen LogP contribution in [0.25, 0.3) is 0 Å². The monoisotopic (exact) mass is 347 g/mol. The molecule has 6 nitrogen and oxygen atoms in total. The van der Waals surface area contributed by atoms with Gasteiger partial charge in [0.25, 0.3) is 5.91 Å². The Bertz CT molecular complexity index is 763. The molecule has 25 heavy (non-hydrogen) atoms. The molecule has 2 aromatic carbocycles. The molecule has 1 N–H and O–H groups in total. The Hall–Kier alpha value is -3.09. The zero-order chi connectivity index (χ0) is 18.2. The molecule has 0 saturated heterocycles. The minimum absolute atomic E-state index is 0.00386. The minimum atomic E-state index is -0.797. The first kappa shape index (κ1) is 18.3. The van der Waals surface area contributed by atoms with Crippen LogP contribution >= 0.6 is 0 Å². The number of ether oxygens (including phenoxy) is 3. The van der Waals surface area contributed by atoms with Crippen molar-refractivity contribution in [2.75, 3.05) is 20.8 Å². The number of nitrogens with one attached hydrogen (secondary N) is 1. The molecule has 2 rings (SSSR count). The number of esters is 1. The summed E-state index contributed by atoms with van der Waals surface area (Å²) in [6, 6.07) is 10.9. The highest BCUT2D eigenvalue weighted by molar-refractivity contribution is 5.91. The van der Waals surface area contributed by atoms with Gasteiger partial charge in [0.05, 0.1) is 19.8 Å². The maximum atomic E-state index is 13.6. The Kier molecular flexibility index (Phi) is 6.33. The summed E-state index contributed by atoms with van der Waals surface area (Å²) < 4.78 is 28.4. The Labute approximate surface area is 144 Å². The fourth-order valence-corrected chi connectivity index (χ4v) is 2.10. The largest absolute Gasteiger partial charge is 0.496 e. The van der Waals surface area contributed by atoms with Crippen LogP contribution in [0, 0.1) is 5.82 Å². The molecule has 0 saturated carbocycles. The summed E-state index contributed by atoms with van der Waals surface area (Å²) in [6.45, 7) is -0.237. The van der Waals surface area contributed by atoms with E-state index in [1.165, 1.54) is 26.4 Å². The summed E-state index contributed by atoms with van der Waals surface area (Å²) in [5.74, 6) is -1.29. The average molecular weight is 347 g/mol. The Morgan fingerprint density at radius 3 is 2.44 bits per heavy atom. The van der Waals surface area contributed by atoms with Gasteiger partial charge in [0.2, 0.25) is 0 Å². The smallest absolute Gasteiger partial charge is 0.338 e. The Balaban J connectivity index is 1.85. The third-order valence-electron chi connectivity index (χ3n) is 3.39. The standard InChI is InChI=1S/C18H18FNO5/c1-23-15-6-4-3-5-13(15)10-20-17(21)11-25-18(22)12-7-8-16(24-2)14(19)9-12/h3-9H,10-11H2,1-2H3,(H,20,21). The molecule has 0 aromatic heterocycles. The first-order valence-corrected chi connectivity index (χ1v) is 7.44. The predicted octanol–water partition coefficient (Wildman–Crippen LogP) is 2.32. The maximum absolute atomic E-state index is 13.6. The molecule has 1 amide bonds. The van der Waals surface area contributed by atoms with Gasteiger partial charge in [0.15, 0.2) is 18.2 Å². The van der Waals surface area contributed by atoms with Gasteiger partial charge in [0, 0.05) is 12.1 Å². The number of amides is 1. The van der Waals surface area contributed by atoms with Crippen molar-refractivity contribution in [2.45, 2.75) is 6.54 Å². The van der Waals surface area contributed by atoms with E-state index < -0.39 is 24.3 Å². The predicted molar refractivity (Wildman–Crippen MR) is 88.1 cm³/mol. The summed E-state index contributed by atoms with van der Waals surface area (Å²) in [6.07, 6.45) is 0. The molecule has 0 radical (unpaired) electrons. The van der Waals surface area contributed by atoms with E-state index in [4.69, 9.17) is 14.2 Å². The van der Waals surface area contributed by atoms with Crippen molar-refractivity contribution in [3.05, 3.63) is 59.4 Å². The fraction of sp³-hybridized carbons (Fsp3) is 0.222. The molecule has 0 fully saturated rings. The Morgan fingerprint density at radius 1 is 1.04 bits per heavy atom. The molecule has 0 bridgehead atoms. The van der Waals surface area contributed by atoms with Crippen molar-refractivity contribution in [1.82, 2.24) is 5.32 Å². The lowest BCUT2D eigenvalue weighted by Gasteiger charge is -2.10. The number of hydrogen-bond acceptors (Lipinski definition) is 5. The van der Waals surface area contributed by atoms with Crippen molar-refractivity contribution in [1.29, 1.82) is 0 Å². The highest BCUT2D eigenvalue weighted by atomic mass is 19.1. The number of methoxy groups -OCH3 is 2. The van der Waals surface area contributed by atoms with Crippen molar-refractivity contribution < 1.29 is 28.2 Å². The van der Waals surface area contributed by atoms with E-state index >= 15 is 0 Å². The number of carbonyl (C=O) groups is 2. The number of carbonyl (C=O) groups excluding carboxylic acids is 2. The van der Waals surface area contributed by atoms with E-state index in [0.29, 0.717) is 5.75 Å². The normalized spacial score (nSPS) is 10.0. The van der Waals surface area contributed by atoms with E-state index in [9.17, 15) is 14.0 Å². The van der Waals surface area contributed by atoms with Gasteiger partial charge in [0.1, 0.15) is 5.75 Å². The van der Waals surface area contributed by atoms with E-state index in [1.807, 2.05) is 18.2 Å². The summed E-state index contributed by atoms with van der Waals surface area (Å²) in [5, 5.41) is 2.62. The highest BCUT2D eigenvalue weighted by Gasteiger charge is 2.13. The van der Waals surface area contributed by atoms with E-state index in [2.05, 4.69) is 5.32 Å². The maximum Gasteiger partial charge on any atom is 0.338 e.